The Kier molecular flexibility index (Phi) is 7.00. The Balaban J connectivity index is 2.09. The average molecular weight is 651 g/mol. The molecule has 0 radical (unpaired) electrons. The highest BCUT2D eigenvalue weighted by Crippen LogP contribution is 2.46. The Morgan fingerprint density at radius 2 is 0.902 bits per heavy atom. The molecule has 4 aromatic carbocycles. The minimum atomic E-state index is -5.30. The van der Waals surface area contributed by atoms with Gasteiger partial charge in [-0.05, 0) is 41.1 Å². The first-order valence-corrected chi connectivity index (χ1v) is 16.0. The van der Waals surface area contributed by atoms with Crippen LogP contribution in [0, 0.1) is 0 Å². The van der Waals surface area contributed by atoms with Gasteiger partial charge in [0.15, 0.2) is 5.75 Å². The lowest BCUT2D eigenvalue weighted by Crippen LogP contribution is -2.01. The van der Waals surface area contributed by atoms with E-state index in [2.05, 4.69) is 10.2 Å². The number of rotatable bonds is 6. The Morgan fingerprint density at radius 3 is 1.34 bits per heavy atom. The van der Waals surface area contributed by atoms with E-state index in [1.54, 1.807) is 0 Å². The van der Waals surface area contributed by atoms with Gasteiger partial charge in [-0.1, -0.05) is 0 Å². The third-order valence-electron chi connectivity index (χ3n) is 5.49. The van der Waals surface area contributed by atoms with Gasteiger partial charge in [0.05, 0.1) is 31.1 Å². The van der Waals surface area contributed by atoms with Crippen molar-refractivity contribution in [3.8, 4) is 17.2 Å². The normalized spacial score (nSPS) is 13.4. The Bertz CT molecular complexity index is 2270. The van der Waals surface area contributed by atoms with Gasteiger partial charge >= 0.3 is 0 Å². The van der Waals surface area contributed by atoms with Gasteiger partial charge in [0.25, 0.3) is 40.5 Å². The van der Waals surface area contributed by atoms with Crippen LogP contribution in [-0.4, -0.2) is 67.2 Å². The van der Waals surface area contributed by atoms with E-state index in [0.717, 1.165) is 0 Å². The molecular weight excluding hydrogens is 636 g/mol. The lowest BCUT2D eigenvalue weighted by molar-refractivity contribution is 0.457. The molecule has 0 aliphatic carbocycles. The molecule has 17 nitrogen and oxygen atoms in total. The number of azo groups is 1. The molecule has 0 bridgehead atoms. The number of phenols is 3. The Hall–Kier alpha value is -3.96. The fraction of sp³-hybridized carbons (Fsp3) is 0. The number of nitrogens with zero attached hydrogens (tertiary/aromatic N) is 2. The van der Waals surface area contributed by atoms with Crippen molar-refractivity contribution in [3.63, 3.8) is 0 Å². The fourth-order valence-corrected chi connectivity index (χ4v) is 6.05. The summed E-state index contributed by atoms with van der Waals surface area (Å²) in [5.74, 6) is -3.12. The van der Waals surface area contributed by atoms with Crippen LogP contribution in [0.1, 0.15) is 0 Å². The van der Waals surface area contributed by atoms with Gasteiger partial charge in [0, 0.05) is 12.1 Å². The summed E-state index contributed by atoms with van der Waals surface area (Å²) in [5, 5.41) is 36.5. The molecule has 0 heterocycles. The maximum absolute atomic E-state index is 12.1. The largest absolute Gasteiger partial charge is 0.507 e. The van der Waals surface area contributed by atoms with E-state index in [0.29, 0.717) is 42.5 Å². The first kappa shape index (κ1) is 30.0. The first-order valence-electron chi connectivity index (χ1n) is 10.2. The van der Waals surface area contributed by atoms with Crippen LogP contribution in [-0.2, 0) is 40.5 Å². The van der Waals surface area contributed by atoms with Crippen LogP contribution >= 0.6 is 0 Å². The van der Waals surface area contributed by atoms with Crippen LogP contribution < -0.4 is 0 Å². The van der Waals surface area contributed by atoms with Gasteiger partial charge in [0.2, 0.25) is 0 Å². The molecule has 0 aliphatic rings. The summed E-state index contributed by atoms with van der Waals surface area (Å²) in [5.41, 5.74) is -1.77. The van der Waals surface area contributed by atoms with Gasteiger partial charge in [0.1, 0.15) is 22.1 Å². The monoisotopic (exact) mass is 650 g/mol. The van der Waals surface area contributed by atoms with E-state index in [4.69, 9.17) is 0 Å². The standard InChI is InChI=1S/C20H14N2O15S4/c23-14-6-11(39(29,30)31)2-8-1-10(38(26,27)28)5-13(17(8)14)21-22-19-16(41(35,36)37)4-9-3-12(40(32,33)34)7-15(24)18(9)20(19)25/h1-7,23-25H,(H,26,27,28)(H,29,30,31)(H,32,33,34)(H,35,36,37)/b22-21+. The van der Waals surface area contributed by atoms with Gasteiger partial charge in [-0.2, -0.15) is 33.7 Å². The molecule has 21 heteroatoms. The second-order valence-electron chi connectivity index (χ2n) is 8.20. The number of hydrogen-bond acceptors (Lipinski definition) is 13. The minimum Gasteiger partial charge on any atom is -0.507 e. The maximum Gasteiger partial charge on any atom is 0.296 e. The SMILES string of the molecule is O=S(=O)(O)c1cc(O)c2c(/N=N/c3c(S(=O)(=O)O)cc4cc(S(=O)(=O)O)cc(O)c4c3O)cc(S(=O)(=O)O)cc2c1. The van der Waals surface area contributed by atoms with Gasteiger partial charge < -0.3 is 15.3 Å². The predicted molar refractivity (Wildman–Crippen MR) is 136 cm³/mol. The quantitative estimate of drug-likeness (QED) is 0.116. The lowest BCUT2D eigenvalue weighted by atomic mass is 10.1. The third kappa shape index (κ3) is 5.77. The van der Waals surface area contributed by atoms with E-state index >= 15 is 0 Å². The predicted octanol–water partition coefficient (Wildman–Crippen LogP) is 2.51. The number of benzene rings is 4. The smallest absolute Gasteiger partial charge is 0.296 e. The van der Waals surface area contributed by atoms with Crippen LogP contribution in [0.25, 0.3) is 21.5 Å². The molecule has 0 atom stereocenters. The highest BCUT2D eigenvalue weighted by molar-refractivity contribution is 7.86. The van der Waals surface area contributed by atoms with Crippen molar-refractivity contribution in [2.45, 2.75) is 19.6 Å². The molecule has 0 unspecified atom stereocenters. The van der Waals surface area contributed by atoms with E-state index < -0.39 is 110 Å². The van der Waals surface area contributed by atoms with E-state index in [9.17, 15) is 67.2 Å². The molecule has 0 aliphatic heterocycles. The summed E-state index contributed by atoms with van der Waals surface area (Å²) in [4.78, 5) is -3.95. The van der Waals surface area contributed by atoms with Crippen LogP contribution in [0.5, 0.6) is 17.2 Å². The third-order valence-corrected chi connectivity index (χ3v) is 8.85. The van der Waals surface area contributed by atoms with Crippen molar-refractivity contribution in [1.82, 2.24) is 0 Å². The number of phenolic OH excluding ortho intramolecular Hbond substituents is 3. The molecule has 0 spiro atoms. The van der Waals surface area contributed by atoms with Crippen molar-refractivity contribution < 1.29 is 67.2 Å². The summed E-state index contributed by atoms with van der Waals surface area (Å²) in [7, 11) is -20.2. The molecule has 0 aromatic heterocycles. The zero-order chi connectivity index (χ0) is 30.9. The zero-order valence-electron chi connectivity index (χ0n) is 19.5. The molecule has 218 valence electrons. The fourth-order valence-electron chi connectivity index (χ4n) is 3.78. The van der Waals surface area contributed by atoms with Crippen molar-refractivity contribution in [1.29, 1.82) is 0 Å². The summed E-state index contributed by atoms with van der Waals surface area (Å²) in [6.07, 6.45) is 0. The minimum absolute atomic E-state index is 0.435. The Labute approximate surface area is 229 Å². The molecule has 4 rings (SSSR count). The van der Waals surface area contributed by atoms with Crippen LogP contribution in [0.3, 0.4) is 0 Å². The maximum atomic E-state index is 12.1. The van der Waals surface area contributed by atoms with E-state index in [1.165, 1.54) is 0 Å². The Morgan fingerprint density at radius 1 is 0.488 bits per heavy atom. The lowest BCUT2D eigenvalue weighted by Gasteiger charge is -2.12. The second-order valence-corrected chi connectivity index (χ2v) is 13.9. The molecule has 41 heavy (non-hydrogen) atoms. The molecule has 0 saturated heterocycles. The molecule has 0 saturated carbocycles. The van der Waals surface area contributed by atoms with Crippen molar-refractivity contribution in [3.05, 3.63) is 42.5 Å². The number of fused-ring (bicyclic) bond motifs is 2. The van der Waals surface area contributed by atoms with E-state index in [1.807, 2.05) is 0 Å². The second kappa shape index (κ2) is 9.56. The summed E-state index contributed by atoms with van der Waals surface area (Å²) < 4.78 is 132. The highest BCUT2D eigenvalue weighted by atomic mass is 32.2. The van der Waals surface area contributed by atoms with E-state index in [-0.39, 0.29) is 0 Å². The van der Waals surface area contributed by atoms with Crippen molar-refractivity contribution in [2.24, 2.45) is 10.2 Å². The first-order chi connectivity index (χ1) is 18.6. The highest BCUT2D eigenvalue weighted by Gasteiger charge is 2.26. The molecule has 4 aromatic rings. The van der Waals surface area contributed by atoms with Gasteiger partial charge in [-0.15, -0.1) is 10.2 Å². The topological polar surface area (TPSA) is 303 Å². The van der Waals surface area contributed by atoms with Crippen molar-refractivity contribution in [2.75, 3.05) is 0 Å². The van der Waals surface area contributed by atoms with Crippen molar-refractivity contribution >= 4 is 73.4 Å². The summed E-state index contributed by atoms with van der Waals surface area (Å²) in [6.45, 7) is 0. The molecule has 7 N–H and O–H groups in total. The average Bonchev–Trinajstić information content (AvgIpc) is 2.80. The number of aromatic hydroxyl groups is 3. The van der Waals surface area contributed by atoms with Crippen LogP contribution in [0.2, 0.25) is 0 Å². The van der Waals surface area contributed by atoms with Gasteiger partial charge in [-0.3, -0.25) is 18.2 Å². The summed E-state index contributed by atoms with van der Waals surface area (Å²) >= 11 is 0. The molecule has 0 amide bonds. The zero-order valence-corrected chi connectivity index (χ0v) is 22.7. The molecule has 0 fully saturated rings. The van der Waals surface area contributed by atoms with Crippen LogP contribution in [0.15, 0.2) is 72.3 Å². The molecular formula is C20H14N2O15S4. The summed E-state index contributed by atoms with van der Waals surface area (Å²) in [6, 6.07) is 4.24. The van der Waals surface area contributed by atoms with Gasteiger partial charge in [-0.25, -0.2) is 0 Å². The van der Waals surface area contributed by atoms with Crippen LogP contribution in [0.4, 0.5) is 11.4 Å². The number of hydrogen-bond donors (Lipinski definition) is 7.